The van der Waals surface area contributed by atoms with E-state index >= 15 is 0 Å². The molecule has 0 spiro atoms. The van der Waals surface area contributed by atoms with Crippen LogP contribution in [-0.4, -0.2) is 18.0 Å². The van der Waals surface area contributed by atoms with Crippen LogP contribution in [0.2, 0.25) is 5.02 Å². The Morgan fingerprint density at radius 1 is 1.22 bits per heavy atom. The number of halogens is 1. The van der Waals surface area contributed by atoms with E-state index in [0.29, 0.717) is 22.6 Å². The summed E-state index contributed by atoms with van der Waals surface area (Å²) in [6.07, 6.45) is 3.27. The van der Waals surface area contributed by atoms with Crippen LogP contribution in [0, 0.1) is 0 Å². The third-order valence-corrected chi connectivity index (χ3v) is 5.44. The van der Waals surface area contributed by atoms with Gasteiger partial charge in [-0.05, 0) is 30.7 Å². The Balaban J connectivity index is 1.96. The summed E-state index contributed by atoms with van der Waals surface area (Å²) >= 11 is 6.07. The fraction of sp³-hybridized carbons (Fsp3) is 0.188. The van der Waals surface area contributed by atoms with Gasteiger partial charge in [0.2, 0.25) is 10.0 Å². The van der Waals surface area contributed by atoms with Gasteiger partial charge in [-0.2, -0.15) is 0 Å². The van der Waals surface area contributed by atoms with E-state index < -0.39 is 10.0 Å². The number of aryl methyl sites for hydroxylation is 1. The Kier molecular flexibility index (Phi) is 4.39. The Labute approximate surface area is 140 Å². The van der Waals surface area contributed by atoms with E-state index in [2.05, 4.69) is 9.71 Å². The van der Waals surface area contributed by atoms with Gasteiger partial charge in [-0.1, -0.05) is 29.8 Å². The molecule has 0 bridgehead atoms. The van der Waals surface area contributed by atoms with Gasteiger partial charge in [-0.15, -0.1) is 0 Å². The zero-order valence-electron chi connectivity index (χ0n) is 12.5. The first-order chi connectivity index (χ1) is 11.0. The fourth-order valence-corrected chi connectivity index (χ4v) is 3.86. The number of hydrogen-bond donors (Lipinski definition) is 1. The zero-order valence-corrected chi connectivity index (χ0v) is 14.1. The number of benzene rings is 1. The van der Waals surface area contributed by atoms with Crippen LogP contribution in [0.5, 0.6) is 0 Å². The molecule has 0 saturated heterocycles. The third kappa shape index (κ3) is 3.10. The van der Waals surface area contributed by atoms with E-state index in [1.165, 1.54) is 0 Å². The van der Waals surface area contributed by atoms with Crippen LogP contribution in [0.1, 0.15) is 12.5 Å². The first-order valence-electron chi connectivity index (χ1n) is 7.20. The molecule has 3 aromatic rings. The van der Waals surface area contributed by atoms with Crippen molar-refractivity contribution in [3.05, 3.63) is 59.4 Å². The van der Waals surface area contributed by atoms with Crippen molar-refractivity contribution >= 4 is 32.7 Å². The van der Waals surface area contributed by atoms with Gasteiger partial charge < -0.3 is 4.57 Å². The zero-order chi connectivity index (χ0) is 16.4. The fourth-order valence-electron chi connectivity index (χ4n) is 2.44. The van der Waals surface area contributed by atoms with E-state index in [1.54, 1.807) is 42.7 Å². The molecule has 0 fully saturated rings. The second-order valence-corrected chi connectivity index (χ2v) is 7.21. The summed E-state index contributed by atoms with van der Waals surface area (Å²) in [4.78, 5) is 4.50. The number of nitrogens with one attached hydrogen (secondary N) is 1. The SMILES string of the molecule is CCn1cc(S(=O)(=O)NCc2ccccc2Cl)c2cccnc21. The molecular weight excluding hydrogens is 334 g/mol. The van der Waals surface area contributed by atoms with Crippen LogP contribution in [0.25, 0.3) is 11.0 Å². The lowest BCUT2D eigenvalue weighted by Crippen LogP contribution is -2.23. The number of aromatic nitrogens is 2. The standard InChI is InChI=1S/C16H16ClN3O2S/c1-2-20-11-15(13-7-5-9-18-16(13)20)23(21,22)19-10-12-6-3-4-8-14(12)17/h3-9,11,19H,2,10H2,1H3. The lowest BCUT2D eigenvalue weighted by atomic mass is 10.2. The van der Waals surface area contributed by atoms with E-state index in [0.717, 1.165) is 5.56 Å². The number of hydrogen-bond acceptors (Lipinski definition) is 3. The van der Waals surface area contributed by atoms with Crippen molar-refractivity contribution in [2.45, 2.75) is 24.9 Å². The molecule has 3 rings (SSSR count). The molecule has 2 heterocycles. The Bertz CT molecular complexity index is 951. The highest BCUT2D eigenvalue weighted by atomic mass is 35.5. The lowest BCUT2D eigenvalue weighted by molar-refractivity contribution is 0.581. The van der Waals surface area contributed by atoms with Crippen LogP contribution in [0.4, 0.5) is 0 Å². The van der Waals surface area contributed by atoms with Gasteiger partial charge in [0.25, 0.3) is 0 Å². The monoisotopic (exact) mass is 349 g/mol. The van der Waals surface area contributed by atoms with Crippen LogP contribution in [-0.2, 0) is 23.1 Å². The van der Waals surface area contributed by atoms with Crippen LogP contribution >= 0.6 is 11.6 Å². The van der Waals surface area contributed by atoms with E-state index in [-0.39, 0.29) is 11.4 Å². The normalized spacial score (nSPS) is 11.9. The van der Waals surface area contributed by atoms with Gasteiger partial charge in [0.05, 0.1) is 0 Å². The summed E-state index contributed by atoms with van der Waals surface area (Å²) < 4.78 is 29.8. The molecule has 0 unspecified atom stereocenters. The van der Waals surface area contributed by atoms with Gasteiger partial charge in [0.1, 0.15) is 10.5 Å². The number of fused-ring (bicyclic) bond motifs is 1. The molecule has 0 amide bonds. The summed E-state index contributed by atoms with van der Waals surface area (Å²) in [6, 6.07) is 10.6. The van der Waals surface area contributed by atoms with Crippen molar-refractivity contribution in [1.82, 2.24) is 14.3 Å². The number of rotatable bonds is 5. The molecular formula is C16H16ClN3O2S. The first kappa shape index (κ1) is 16.0. The number of nitrogens with zero attached hydrogens (tertiary/aromatic N) is 2. The van der Waals surface area contributed by atoms with Crippen molar-refractivity contribution in [3.63, 3.8) is 0 Å². The van der Waals surface area contributed by atoms with Crippen molar-refractivity contribution < 1.29 is 8.42 Å². The van der Waals surface area contributed by atoms with Gasteiger partial charge >= 0.3 is 0 Å². The summed E-state index contributed by atoms with van der Waals surface area (Å²) in [5.41, 5.74) is 1.39. The number of sulfonamides is 1. The van der Waals surface area contributed by atoms with E-state index in [9.17, 15) is 8.42 Å². The molecule has 0 aliphatic carbocycles. The predicted octanol–water partition coefficient (Wildman–Crippen LogP) is 3.19. The molecule has 0 aliphatic heterocycles. The molecule has 0 atom stereocenters. The summed E-state index contributed by atoms with van der Waals surface area (Å²) in [5.74, 6) is 0. The molecule has 0 aliphatic rings. The van der Waals surface area contributed by atoms with Crippen LogP contribution in [0.15, 0.2) is 53.7 Å². The van der Waals surface area contributed by atoms with Crippen molar-refractivity contribution in [2.75, 3.05) is 0 Å². The highest BCUT2D eigenvalue weighted by Crippen LogP contribution is 2.24. The van der Waals surface area contributed by atoms with E-state index in [4.69, 9.17) is 11.6 Å². The second kappa shape index (κ2) is 6.31. The number of pyridine rings is 1. The van der Waals surface area contributed by atoms with Crippen molar-refractivity contribution in [1.29, 1.82) is 0 Å². The average Bonchev–Trinajstić information content (AvgIpc) is 2.94. The third-order valence-electron chi connectivity index (χ3n) is 3.64. The Morgan fingerprint density at radius 2 is 2.00 bits per heavy atom. The largest absolute Gasteiger partial charge is 0.331 e. The predicted molar refractivity (Wildman–Crippen MR) is 90.9 cm³/mol. The molecule has 0 radical (unpaired) electrons. The minimum absolute atomic E-state index is 0.140. The van der Waals surface area contributed by atoms with Gasteiger partial charge in [-0.25, -0.2) is 18.1 Å². The maximum atomic E-state index is 12.7. The minimum Gasteiger partial charge on any atom is -0.331 e. The molecule has 1 aromatic carbocycles. The van der Waals surface area contributed by atoms with Gasteiger partial charge in [0, 0.05) is 35.9 Å². The Hall–Kier alpha value is -1.89. The highest BCUT2D eigenvalue weighted by molar-refractivity contribution is 7.89. The van der Waals surface area contributed by atoms with Gasteiger partial charge in [0.15, 0.2) is 0 Å². The maximum absolute atomic E-state index is 12.7. The van der Waals surface area contributed by atoms with E-state index in [1.807, 2.05) is 17.6 Å². The minimum atomic E-state index is -3.66. The lowest BCUT2D eigenvalue weighted by Gasteiger charge is -2.07. The van der Waals surface area contributed by atoms with Gasteiger partial charge in [-0.3, -0.25) is 0 Å². The second-order valence-electron chi connectivity index (χ2n) is 5.07. The molecule has 5 nitrogen and oxygen atoms in total. The van der Waals surface area contributed by atoms with Crippen molar-refractivity contribution in [2.24, 2.45) is 0 Å². The molecule has 2 aromatic heterocycles. The molecule has 0 saturated carbocycles. The average molecular weight is 350 g/mol. The van der Waals surface area contributed by atoms with Crippen molar-refractivity contribution in [3.8, 4) is 0 Å². The quantitative estimate of drug-likeness (QED) is 0.769. The first-order valence-corrected chi connectivity index (χ1v) is 9.06. The Morgan fingerprint density at radius 3 is 2.74 bits per heavy atom. The topological polar surface area (TPSA) is 64.0 Å². The van der Waals surface area contributed by atoms with Crippen LogP contribution in [0.3, 0.4) is 0 Å². The molecule has 7 heteroatoms. The summed E-state index contributed by atoms with van der Waals surface area (Å²) in [7, 11) is -3.66. The summed E-state index contributed by atoms with van der Waals surface area (Å²) in [6.45, 7) is 2.73. The van der Waals surface area contributed by atoms with Crippen LogP contribution < -0.4 is 4.72 Å². The molecule has 23 heavy (non-hydrogen) atoms. The molecule has 120 valence electrons. The highest BCUT2D eigenvalue weighted by Gasteiger charge is 2.21. The maximum Gasteiger partial charge on any atom is 0.243 e. The summed E-state index contributed by atoms with van der Waals surface area (Å²) in [5, 5.41) is 1.15. The molecule has 1 N–H and O–H groups in total. The smallest absolute Gasteiger partial charge is 0.243 e.